The monoisotopic (exact) mass is 200 g/mol. The fraction of sp³-hybridized carbons (Fsp3) is 0.333. The van der Waals surface area contributed by atoms with Crippen LogP contribution in [-0.4, -0.2) is 33.3 Å². The summed E-state index contributed by atoms with van der Waals surface area (Å²) in [4.78, 5) is 21.5. The molecular weight excluding hydrogens is 188 g/mol. The molecule has 0 rings (SSSR count). The second-order valence-corrected chi connectivity index (χ2v) is 2.11. The van der Waals surface area contributed by atoms with Crippen LogP contribution in [0.5, 0.6) is 0 Å². The quantitative estimate of drug-likeness (QED) is 0.285. The van der Waals surface area contributed by atoms with E-state index in [0.717, 1.165) is 6.08 Å². The number of hydrogen-bond donors (Lipinski definition) is 0. The fourth-order valence-electron chi connectivity index (χ4n) is 0.602. The highest BCUT2D eigenvalue weighted by Crippen LogP contribution is 1.98. The maximum Gasteiger partial charge on any atom is 0.373 e. The maximum absolute atomic E-state index is 10.9. The summed E-state index contributed by atoms with van der Waals surface area (Å²) >= 11 is 0. The van der Waals surface area contributed by atoms with Crippen molar-refractivity contribution in [1.29, 1.82) is 0 Å². The molecule has 0 aliphatic heterocycles. The Morgan fingerprint density at radius 2 is 1.64 bits per heavy atom. The summed E-state index contributed by atoms with van der Waals surface area (Å²) in [5, 5.41) is 0. The molecule has 0 fully saturated rings. The highest BCUT2D eigenvalue weighted by molar-refractivity contribution is 5.87. The average molecular weight is 200 g/mol. The van der Waals surface area contributed by atoms with E-state index in [2.05, 4.69) is 9.47 Å². The van der Waals surface area contributed by atoms with E-state index in [-0.39, 0.29) is 5.76 Å². The van der Waals surface area contributed by atoms with Gasteiger partial charge in [-0.3, -0.25) is 0 Å². The molecule has 0 aromatic rings. The first-order valence-electron chi connectivity index (χ1n) is 3.74. The highest BCUT2D eigenvalue weighted by Gasteiger charge is 2.07. The summed E-state index contributed by atoms with van der Waals surface area (Å²) in [7, 11) is 3.82. The van der Waals surface area contributed by atoms with Crippen LogP contribution < -0.4 is 0 Å². The average Bonchev–Trinajstić information content (AvgIpc) is 2.22. The summed E-state index contributed by atoms with van der Waals surface area (Å²) in [6.45, 7) is 0. The van der Waals surface area contributed by atoms with Crippen molar-refractivity contribution in [2.24, 2.45) is 0 Å². The molecule has 0 aromatic carbocycles. The van der Waals surface area contributed by atoms with E-state index in [4.69, 9.17) is 4.74 Å². The van der Waals surface area contributed by atoms with E-state index in [1.165, 1.54) is 33.5 Å². The topological polar surface area (TPSA) is 61.8 Å². The van der Waals surface area contributed by atoms with E-state index < -0.39 is 11.9 Å². The Labute approximate surface area is 81.9 Å². The van der Waals surface area contributed by atoms with Crippen LogP contribution in [0.1, 0.15) is 0 Å². The second-order valence-electron chi connectivity index (χ2n) is 2.11. The van der Waals surface area contributed by atoms with Gasteiger partial charge in [0.25, 0.3) is 0 Å². The lowest BCUT2D eigenvalue weighted by Gasteiger charge is -2.00. The summed E-state index contributed by atoms with van der Waals surface area (Å²) in [6, 6.07) is 0. The molecule has 0 spiro atoms. The number of hydrogen-bond acceptors (Lipinski definition) is 5. The van der Waals surface area contributed by atoms with Gasteiger partial charge in [0.2, 0.25) is 5.76 Å². The van der Waals surface area contributed by atoms with Gasteiger partial charge in [0.05, 0.1) is 21.3 Å². The first kappa shape index (κ1) is 12.2. The van der Waals surface area contributed by atoms with E-state index in [1.807, 2.05) is 0 Å². The molecule has 5 heteroatoms. The Hall–Kier alpha value is -1.78. The zero-order valence-corrected chi connectivity index (χ0v) is 8.27. The molecule has 0 bridgehead atoms. The van der Waals surface area contributed by atoms with Crippen LogP contribution in [0.2, 0.25) is 0 Å². The van der Waals surface area contributed by atoms with Gasteiger partial charge >= 0.3 is 11.9 Å². The number of carbonyl (C=O) groups excluding carboxylic acids is 2. The minimum atomic E-state index is -0.609. The molecule has 0 amide bonds. The molecule has 0 N–H and O–H groups in total. The van der Waals surface area contributed by atoms with E-state index in [0.29, 0.717) is 0 Å². The molecule has 14 heavy (non-hydrogen) atoms. The van der Waals surface area contributed by atoms with Gasteiger partial charge in [0.15, 0.2) is 0 Å². The van der Waals surface area contributed by atoms with Crippen molar-refractivity contribution >= 4 is 11.9 Å². The van der Waals surface area contributed by atoms with Gasteiger partial charge in [-0.05, 0) is 6.08 Å². The van der Waals surface area contributed by atoms with Gasteiger partial charge in [0.1, 0.15) is 0 Å². The highest BCUT2D eigenvalue weighted by atomic mass is 16.6. The molecule has 5 nitrogen and oxygen atoms in total. The van der Waals surface area contributed by atoms with Crippen molar-refractivity contribution in [2.75, 3.05) is 21.3 Å². The van der Waals surface area contributed by atoms with Crippen LogP contribution in [0.4, 0.5) is 0 Å². The Kier molecular flexibility index (Phi) is 5.85. The van der Waals surface area contributed by atoms with Gasteiger partial charge < -0.3 is 14.2 Å². The molecule has 0 heterocycles. The maximum atomic E-state index is 10.9. The third-order valence-electron chi connectivity index (χ3n) is 1.29. The van der Waals surface area contributed by atoms with Gasteiger partial charge in [0, 0.05) is 6.08 Å². The molecule has 0 saturated carbocycles. The summed E-state index contributed by atoms with van der Waals surface area (Å²) < 4.78 is 13.4. The van der Waals surface area contributed by atoms with E-state index >= 15 is 0 Å². The third-order valence-corrected chi connectivity index (χ3v) is 1.29. The summed E-state index contributed by atoms with van der Waals surface area (Å²) in [5.74, 6) is -1.11. The molecular formula is C9H12O5. The Morgan fingerprint density at radius 3 is 2.07 bits per heavy atom. The lowest BCUT2D eigenvalue weighted by molar-refractivity contribution is -0.139. The Morgan fingerprint density at radius 1 is 1.00 bits per heavy atom. The van der Waals surface area contributed by atoms with Crippen LogP contribution in [-0.2, 0) is 23.8 Å². The van der Waals surface area contributed by atoms with Gasteiger partial charge in [-0.2, -0.15) is 0 Å². The second kappa shape index (κ2) is 6.71. The van der Waals surface area contributed by atoms with E-state index in [1.54, 1.807) is 0 Å². The van der Waals surface area contributed by atoms with Crippen LogP contribution in [0, 0.1) is 0 Å². The van der Waals surface area contributed by atoms with Crippen molar-refractivity contribution in [2.45, 2.75) is 0 Å². The number of allylic oxidation sites excluding steroid dienone is 2. The van der Waals surface area contributed by atoms with Gasteiger partial charge in [-0.1, -0.05) is 6.08 Å². The Balaban J connectivity index is 4.39. The minimum absolute atomic E-state index is 0.00709. The molecule has 0 unspecified atom stereocenters. The van der Waals surface area contributed by atoms with Gasteiger partial charge in [-0.25, -0.2) is 9.59 Å². The number of rotatable bonds is 4. The van der Waals surface area contributed by atoms with Crippen molar-refractivity contribution < 1.29 is 23.8 Å². The van der Waals surface area contributed by atoms with Crippen LogP contribution >= 0.6 is 0 Å². The molecule has 78 valence electrons. The van der Waals surface area contributed by atoms with E-state index in [9.17, 15) is 9.59 Å². The third kappa shape index (κ3) is 4.30. The lowest BCUT2D eigenvalue weighted by atomic mass is 10.4. The summed E-state index contributed by atoms with van der Waals surface area (Å²) in [6.07, 6.45) is 3.80. The number of ether oxygens (including phenoxy) is 3. The van der Waals surface area contributed by atoms with Crippen molar-refractivity contribution in [1.82, 2.24) is 0 Å². The number of esters is 2. The Bertz CT molecular complexity index is 264. The first-order valence-corrected chi connectivity index (χ1v) is 3.74. The number of methoxy groups -OCH3 is 3. The first-order chi connectivity index (χ1) is 6.65. The molecule has 0 atom stereocenters. The minimum Gasteiger partial charge on any atom is -0.490 e. The predicted octanol–water partition coefficient (Wildman–Crippen LogP) is 0.419. The normalized spacial score (nSPS) is 11.2. The molecule has 0 saturated heterocycles. The van der Waals surface area contributed by atoms with Crippen LogP contribution in [0.25, 0.3) is 0 Å². The largest absolute Gasteiger partial charge is 0.490 e. The molecule has 0 radical (unpaired) electrons. The zero-order chi connectivity index (χ0) is 11.0. The van der Waals surface area contributed by atoms with Crippen molar-refractivity contribution in [3.05, 3.63) is 24.0 Å². The standard InChI is InChI=1S/C9H12O5/c1-12-7(9(11)14-3)5-4-6-8(10)13-2/h4-6H,1-3H3/b6-4-,7-5-. The van der Waals surface area contributed by atoms with Gasteiger partial charge in [-0.15, -0.1) is 0 Å². The molecule has 0 aliphatic carbocycles. The summed E-state index contributed by atoms with van der Waals surface area (Å²) in [5.41, 5.74) is 0. The zero-order valence-electron chi connectivity index (χ0n) is 8.27. The molecule has 0 aliphatic rings. The van der Waals surface area contributed by atoms with Crippen LogP contribution in [0.3, 0.4) is 0 Å². The molecule has 0 aromatic heterocycles. The predicted molar refractivity (Wildman–Crippen MR) is 48.3 cm³/mol. The van der Waals surface area contributed by atoms with Crippen LogP contribution in [0.15, 0.2) is 24.0 Å². The van der Waals surface area contributed by atoms with Crippen molar-refractivity contribution in [3.8, 4) is 0 Å². The lowest BCUT2D eigenvalue weighted by Crippen LogP contribution is -2.05. The smallest absolute Gasteiger partial charge is 0.373 e. The number of carbonyl (C=O) groups is 2. The fourth-order valence-corrected chi connectivity index (χ4v) is 0.602. The van der Waals surface area contributed by atoms with Crippen molar-refractivity contribution in [3.63, 3.8) is 0 Å². The SMILES string of the molecule is COC(=O)/C=C\C=C(/OC)C(=O)OC.